The summed E-state index contributed by atoms with van der Waals surface area (Å²) in [5.41, 5.74) is 1.22. The van der Waals surface area contributed by atoms with Gasteiger partial charge in [0, 0.05) is 22.7 Å². The molecule has 0 aliphatic rings. The highest BCUT2D eigenvalue weighted by molar-refractivity contribution is 9.10. The normalized spacial score (nSPS) is 11.2. The maximum atomic E-state index is 12.5. The molecule has 0 bridgehead atoms. The van der Waals surface area contributed by atoms with E-state index < -0.39 is 10.0 Å². The number of aromatic nitrogens is 1. The van der Waals surface area contributed by atoms with Crippen molar-refractivity contribution >= 4 is 49.1 Å². The van der Waals surface area contributed by atoms with Crippen molar-refractivity contribution in [1.29, 1.82) is 0 Å². The third-order valence-electron chi connectivity index (χ3n) is 2.79. The first-order chi connectivity index (χ1) is 9.85. The average molecular weight is 391 g/mol. The van der Waals surface area contributed by atoms with Crippen molar-refractivity contribution < 1.29 is 8.42 Å². The molecule has 0 aliphatic carbocycles. The van der Waals surface area contributed by atoms with Gasteiger partial charge in [-0.05, 0) is 52.7 Å². The molecular weight excluding hydrogens is 378 g/mol. The molecule has 8 heteroatoms. The topological polar surface area (TPSA) is 71.1 Å². The Morgan fingerprint density at radius 3 is 2.71 bits per heavy atom. The van der Waals surface area contributed by atoms with E-state index in [0.29, 0.717) is 15.2 Å². The van der Waals surface area contributed by atoms with Gasteiger partial charge in [0.2, 0.25) is 0 Å². The molecule has 1 aromatic carbocycles. The van der Waals surface area contributed by atoms with Gasteiger partial charge >= 0.3 is 0 Å². The Hall–Kier alpha value is -1.31. The van der Waals surface area contributed by atoms with Crippen molar-refractivity contribution in [3.05, 3.63) is 45.5 Å². The zero-order valence-electron chi connectivity index (χ0n) is 11.3. The minimum atomic E-state index is -3.77. The van der Waals surface area contributed by atoms with Crippen molar-refractivity contribution in [1.82, 2.24) is 4.98 Å². The molecule has 0 saturated carbocycles. The number of halogens is 2. The average Bonchev–Trinajstić information content (AvgIpc) is 2.44. The van der Waals surface area contributed by atoms with Crippen LogP contribution in [0, 0.1) is 6.92 Å². The summed E-state index contributed by atoms with van der Waals surface area (Å²) < 4.78 is 28.1. The van der Waals surface area contributed by atoms with E-state index >= 15 is 0 Å². The number of sulfonamides is 1. The minimum absolute atomic E-state index is 0.0658. The molecule has 0 spiro atoms. The standard InChI is InChI=1S/C13H13BrClN3O2S/c1-8-6-9(14)11(7-10(8)15)18-21(19,20)12-4-3-5-17-13(12)16-2/h3-7,18H,1-2H3,(H,16,17). The molecule has 0 atom stereocenters. The summed E-state index contributed by atoms with van der Waals surface area (Å²) in [5, 5.41) is 3.24. The van der Waals surface area contributed by atoms with E-state index in [4.69, 9.17) is 11.6 Å². The van der Waals surface area contributed by atoms with Crippen LogP contribution in [0.3, 0.4) is 0 Å². The highest BCUT2D eigenvalue weighted by atomic mass is 79.9. The Kier molecular flexibility index (Phi) is 4.75. The van der Waals surface area contributed by atoms with E-state index in [1.807, 2.05) is 6.92 Å². The summed E-state index contributed by atoms with van der Waals surface area (Å²) in [6.07, 6.45) is 1.52. The molecule has 1 aromatic heterocycles. The van der Waals surface area contributed by atoms with Crippen LogP contribution in [0.4, 0.5) is 11.5 Å². The van der Waals surface area contributed by atoms with Gasteiger partial charge < -0.3 is 5.32 Å². The molecule has 21 heavy (non-hydrogen) atoms. The van der Waals surface area contributed by atoms with Crippen molar-refractivity contribution in [2.24, 2.45) is 0 Å². The molecule has 112 valence electrons. The lowest BCUT2D eigenvalue weighted by Crippen LogP contribution is -2.15. The number of hydrogen-bond donors (Lipinski definition) is 2. The molecule has 1 heterocycles. The lowest BCUT2D eigenvalue weighted by molar-refractivity contribution is 0.601. The Balaban J connectivity index is 2.45. The summed E-state index contributed by atoms with van der Waals surface area (Å²) in [5.74, 6) is 0.277. The second kappa shape index (κ2) is 6.21. The fourth-order valence-corrected chi connectivity index (χ4v) is 3.81. The van der Waals surface area contributed by atoms with E-state index in [0.717, 1.165) is 5.56 Å². The number of anilines is 2. The quantitative estimate of drug-likeness (QED) is 0.836. The van der Waals surface area contributed by atoms with Crippen LogP contribution in [0.1, 0.15) is 5.56 Å². The van der Waals surface area contributed by atoms with Gasteiger partial charge in [-0.2, -0.15) is 0 Å². The molecule has 0 saturated heterocycles. The third-order valence-corrected chi connectivity index (χ3v) is 5.25. The summed E-state index contributed by atoms with van der Waals surface area (Å²) in [6, 6.07) is 6.35. The van der Waals surface area contributed by atoms with Crippen LogP contribution in [0.25, 0.3) is 0 Å². The zero-order chi connectivity index (χ0) is 15.6. The lowest BCUT2D eigenvalue weighted by Gasteiger charge is -2.13. The van der Waals surface area contributed by atoms with E-state index in [-0.39, 0.29) is 10.7 Å². The van der Waals surface area contributed by atoms with Crippen LogP contribution < -0.4 is 10.0 Å². The monoisotopic (exact) mass is 389 g/mol. The number of hydrogen-bond acceptors (Lipinski definition) is 4. The first-order valence-electron chi connectivity index (χ1n) is 5.96. The van der Waals surface area contributed by atoms with Crippen molar-refractivity contribution in [3.8, 4) is 0 Å². The van der Waals surface area contributed by atoms with Crippen molar-refractivity contribution in [2.75, 3.05) is 17.1 Å². The minimum Gasteiger partial charge on any atom is -0.372 e. The van der Waals surface area contributed by atoms with Gasteiger partial charge in [0.1, 0.15) is 10.7 Å². The fourth-order valence-electron chi connectivity index (χ4n) is 1.72. The van der Waals surface area contributed by atoms with Crippen LogP contribution in [-0.2, 0) is 10.0 Å². The smallest absolute Gasteiger partial charge is 0.265 e. The van der Waals surface area contributed by atoms with Gasteiger partial charge in [0.15, 0.2) is 0 Å². The van der Waals surface area contributed by atoms with Gasteiger partial charge in [-0.25, -0.2) is 13.4 Å². The molecule has 2 aromatic rings. The lowest BCUT2D eigenvalue weighted by atomic mass is 10.2. The molecule has 0 radical (unpaired) electrons. The van der Waals surface area contributed by atoms with Gasteiger partial charge in [-0.1, -0.05) is 11.6 Å². The van der Waals surface area contributed by atoms with Crippen LogP contribution in [0.2, 0.25) is 5.02 Å². The number of nitrogens with one attached hydrogen (secondary N) is 2. The van der Waals surface area contributed by atoms with E-state index in [1.165, 1.54) is 12.3 Å². The van der Waals surface area contributed by atoms with Gasteiger partial charge in [0.25, 0.3) is 10.0 Å². The first kappa shape index (κ1) is 16.1. The van der Waals surface area contributed by atoms with Gasteiger partial charge in [0.05, 0.1) is 5.69 Å². The van der Waals surface area contributed by atoms with Crippen LogP contribution in [-0.4, -0.2) is 20.4 Å². The molecule has 2 rings (SSSR count). The molecule has 0 aliphatic heterocycles. The number of aryl methyl sites for hydroxylation is 1. The molecule has 5 nitrogen and oxygen atoms in total. The Bertz CT molecular complexity index is 781. The number of benzene rings is 1. The molecular formula is C13H13BrClN3O2S. The number of rotatable bonds is 4. The molecule has 0 unspecified atom stereocenters. The van der Waals surface area contributed by atoms with Crippen LogP contribution >= 0.6 is 27.5 Å². The fraction of sp³-hybridized carbons (Fsp3) is 0.154. The zero-order valence-corrected chi connectivity index (χ0v) is 14.5. The predicted molar refractivity (Wildman–Crippen MR) is 88.5 cm³/mol. The highest BCUT2D eigenvalue weighted by Gasteiger charge is 2.20. The summed E-state index contributed by atoms with van der Waals surface area (Å²) in [4.78, 5) is 4.06. The third kappa shape index (κ3) is 3.48. The van der Waals surface area contributed by atoms with Crippen molar-refractivity contribution in [3.63, 3.8) is 0 Å². The highest BCUT2D eigenvalue weighted by Crippen LogP contribution is 2.31. The van der Waals surface area contributed by atoms with Crippen molar-refractivity contribution in [2.45, 2.75) is 11.8 Å². The molecule has 2 N–H and O–H groups in total. The molecule has 0 amide bonds. The number of pyridine rings is 1. The predicted octanol–water partition coefficient (Wildman–Crippen LogP) is 3.65. The Morgan fingerprint density at radius 1 is 1.33 bits per heavy atom. The van der Waals surface area contributed by atoms with E-state index in [2.05, 4.69) is 31.0 Å². The van der Waals surface area contributed by atoms with Gasteiger partial charge in [-0.3, -0.25) is 4.72 Å². The first-order valence-corrected chi connectivity index (χ1v) is 8.62. The van der Waals surface area contributed by atoms with Crippen LogP contribution in [0.15, 0.2) is 39.8 Å². The van der Waals surface area contributed by atoms with Gasteiger partial charge in [-0.15, -0.1) is 0 Å². The maximum Gasteiger partial charge on any atom is 0.265 e. The van der Waals surface area contributed by atoms with E-state index in [1.54, 1.807) is 25.2 Å². The second-order valence-electron chi connectivity index (χ2n) is 4.29. The summed E-state index contributed by atoms with van der Waals surface area (Å²) in [6.45, 7) is 1.84. The summed E-state index contributed by atoms with van der Waals surface area (Å²) >= 11 is 9.36. The summed E-state index contributed by atoms with van der Waals surface area (Å²) in [7, 11) is -2.16. The largest absolute Gasteiger partial charge is 0.372 e. The maximum absolute atomic E-state index is 12.5. The Morgan fingerprint density at radius 2 is 2.05 bits per heavy atom. The number of nitrogens with zero attached hydrogens (tertiary/aromatic N) is 1. The van der Waals surface area contributed by atoms with Crippen LogP contribution in [0.5, 0.6) is 0 Å². The second-order valence-corrected chi connectivity index (χ2v) is 7.20. The molecule has 0 fully saturated rings. The SMILES string of the molecule is CNc1ncccc1S(=O)(=O)Nc1cc(Cl)c(C)cc1Br. The Labute approximate surface area is 136 Å². The van der Waals surface area contributed by atoms with E-state index in [9.17, 15) is 8.42 Å².